The molecule has 1 aromatic carbocycles. The van der Waals surface area contributed by atoms with Crippen molar-refractivity contribution < 1.29 is 4.42 Å². The van der Waals surface area contributed by atoms with Crippen LogP contribution in [0.2, 0.25) is 0 Å². The SMILES string of the molecule is CC(C)CNCc1coc(-n2ncc3ccccc32)n1. The lowest BCUT2D eigenvalue weighted by atomic mass is 10.2. The standard InChI is InChI=1S/C15H18N4O/c1-11(2)7-16-9-13-10-20-15(18-13)19-14-6-4-3-5-12(14)8-17-19/h3-6,8,10-11,16H,7,9H2,1-2H3. The van der Waals surface area contributed by atoms with Gasteiger partial charge in [0.1, 0.15) is 6.26 Å². The van der Waals surface area contributed by atoms with E-state index >= 15 is 0 Å². The molecule has 0 saturated carbocycles. The number of rotatable bonds is 5. The summed E-state index contributed by atoms with van der Waals surface area (Å²) >= 11 is 0. The summed E-state index contributed by atoms with van der Waals surface area (Å²) in [5.74, 6) is 0.622. The van der Waals surface area contributed by atoms with Crippen LogP contribution in [-0.4, -0.2) is 21.3 Å². The highest BCUT2D eigenvalue weighted by Gasteiger charge is 2.10. The summed E-state index contributed by atoms with van der Waals surface area (Å²) < 4.78 is 7.25. The highest BCUT2D eigenvalue weighted by Crippen LogP contribution is 2.17. The molecule has 0 bridgehead atoms. The summed E-state index contributed by atoms with van der Waals surface area (Å²) in [6, 6.07) is 8.50. The fraction of sp³-hybridized carbons (Fsp3) is 0.333. The molecule has 0 atom stereocenters. The fourth-order valence-corrected chi connectivity index (χ4v) is 2.09. The predicted octanol–water partition coefficient (Wildman–Crippen LogP) is 2.76. The first kappa shape index (κ1) is 12.9. The molecule has 0 unspecified atom stereocenters. The van der Waals surface area contributed by atoms with Crippen LogP contribution in [0.5, 0.6) is 0 Å². The largest absolute Gasteiger partial charge is 0.430 e. The molecular weight excluding hydrogens is 252 g/mol. The lowest BCUT2D eigenvalue weighted by molar-refractivity contribution is 0.512. The first-order chi connectivity index (χ1) is 9.74. The van der Waals surface area contributed by atoms with Crippen molar-refractivity contribution in [2.24, 2.45) is 5.92 Å². The summed E-state index contributed by atoms with van der Waals surface area (Å²) in [6.45, 7) is 6.03. The maximum atomic E-state index is 5.52. The summed E-state index contributed by atoms with van der Waals surface area (Å²) in [5, 5.41) is 8.75. The highest BCUT2D eigenvalue weighted by molar-refractivity contribution is 5.79. The molecular formula is C15H18N4O. The third-order valence-corrected chi connectivity index (χ3v) is 3.06. The molecule has 0 saturated heterocycles. The minimum absolute atomic E-state index is 0.507. The molecule has 0 radical (unpaired) electrons. The lowest BCUT2D eigenvalue weighted by Gasteiger charge is -2.04. The zero-order valence-electron chi connectivity index (χ0n) is 11.7. The molecule has 3 rings (SSSR count). The Morgan fingerprint density at radius 3 is 3.00 bits per heavy atom. The molecule has 0 aliphatic heterocycles. The molecule has 104 valence electrons. The van der Waals surface area contributed by atoms with Crippen molar-refractivity contribution in [2.75, 3.05) is 6.54 Å². The zero-order valence-corrected chi connectivity index (χ0v) is 11.7. The van der Waals surface area contributed by atoms with Crippen LogP contribution in [-0.2, 0) is 6.54 Å². The Morgan fingerprint density at radius 1 is 1.30 bits per heavy atom. The molecule has 0 aliphatic rings. The average Bonchev–Trinajstić information content (AvgIpc) is 3.04. The molecule has 0 spiro atoms. The molecule has 0 amide bonds. The molecule has 1 N–H and O–H groups in total. The molecule has 3 aromatic rings. The summed E-state index contributed by atoms with van der Waals surface area (Å²) in [6.07, 6.45) is 3.50. The number of oxazole rings is 1. The van der Waals surface area contributed by atoms with Crippen LogP contribution in [0.25, 0.3) is 16.9 Å². The van der Waals surface area contributed by atoms with E-state index in [0.29, 0.717) is 18.5 Å². The van der Waals surface area contributed by atoms with E-state index in [-0.39, 0.29) is 0 Å². The Kier molecular flexibility index (Phi) is 3.52. The van der Waals surface area contributed by atoms with Gasteiger partial charge >= 0.3 is 6.01 Å². The Morgan fingerprint density at radius 2 is 2.15 bits per heavy atom. The van der Waals surface area contributed by atoms with Crippen LogP contribution in [0.15, 0.2) is 41.1 Å². The van der Waals surface area contributed by atoms with Crippen molar-refractivity contribution in [3.05, 3.63) is 42.4 Å². The van der Waals surface area contributed by atoms with E-state index in [0.717, 1.165) is 23.1 Å². The number of nitrogens with one attached hydrogen (secondary N) is 1. The maximum Gasteiger partial charge on any atom is 0.323 e. The minimum Gasteiger partial charge on any atom is -0.430 e. The van der Waals surface area contributed by atoms with Crippen molar-refractivity contribution in [1.29, 1.82) is 0 Å². The fourth-order valence-electron chi connectivity index (χ4n) is 2.09. The topological polar surface area (TPSA) is 55.9 Å². The Hall–Kier alpha value is -2.14. The van der Waals surface area contributed by atoms with Crippen LogP contribution >= 0.6 is 0 Å². The summed E-state index contributed by atoms with van der Waals surface area (Å²) in [4.78, 5) is 4.47. The first-order valence-corrected chi connectivity index (χ1v) is 6.82. The van der Waals surface area contributed by atoms with Gasteiger partial charge in [-0.15, -0.1) is 0 Å². The van der Waals surface area contributed by atoms with Gasteiger partial charge in [-0.05, 0) is 18.5 Å². The van der Waals surface area contributed by atoms with Crippen LogP contribution in [0, 0.1) is 5.92 Å². The quantitative estimate of drug-likeness (QED) is 0.774. The van der Waals surface area contributed by atoms with E-state index in [1.807, 2.05) is 30.5 Å². The van der Waals surface area contributed by atoms with Crippen molar-refractivity contribution in [3.8, 4) is 6.01 Å². The lowest BCUT2D eigenvalue weighted by Crippen LogP contribution is -2.19. The van der Waals surface area contributed by atoms with E-state index in [1.165, 1.54) is 0 Å². The third kappa shape index (κ3) is 2.58. The van der Waals surface area contributed by atoms with Gasteiger partial charge in [-0.3, -0.25) is 0 Å². The number of fused-ring (bicyclic) bond motifs is 1. The van der Waals surface area contributed by atoms with Gasteiger partial charge in [0.25, 0.3) is 0 Å². The van der Waals surface area contributed by atoms with E-state index < -0.39 is 0 Å². The van der Waals surface area contributed by atoms with E-state index in [4.69, 9.17) is 4.42 Å². The van der Waals surface area contributed by atoms with E-state index in [2.05, 4.69) is 29.2 Å². The van der Waals surface area contributed by atoms with Crippen LogP contribution in [0.3, 0.4) is 0 Å². The van der Waals surface area contributed by atoms with Crippen molar-refractivity contribution in [2.45, 2.75) is 20.4 Å². The minimum atomic E-state index is 0.507. The number of benzene rings is 1. The molecule has 0 fully saturated rings. The molecule has 2 aromatic heterocycles. The Bertz CT molecular complexity index is 699. The summed E-state index contributed by atoms with van der Waals surface area (Å²) in [5.41, 5.74) is 1.89. The van der Waals surface area contributed by atoms with Crippen molar-refractivity contribution in [1.82, 2.24) is 20.1 Å². The molecule has 0 aliphatic carbocycles. The molecule has 20 heavy (non-hydrogen) atoms. The first-order valence-electron chi connectivity index (χ1n) is 6.82. The van der Waals surface area contributed by atoms with Gasteiger partial charge < -0.3 is 9.73 Å². The maximum absolute atomic E-state index is 5.52. The van der Waals surface area contributed by atoms with Gasteiger partial charge in [0, 0.05) is 11.9 Å². The van der Waals surface area contributed by atoms with E-state index in [9.17, 15) is 0 Å². The normalized spacial score (nSPS) is 11.6. The number of hydrogen-bond acceptors (Lipinski definition) is 4. The number of aromatic nitrogens is 3. The number of para-hydroxylation sites is 1. The van der Waals surface area contributed by atoms with Gasteiger partial charge in [0.15, 0.2) is 0 Å². The summed E-state index contributed by atoms with van der Waals surface area (Å²) in [7, 11) is 0. The van der Waals surface area contributed by atoms with Gasteiger partial charge in [-0.1, -0.05) is 32.0 Å². The van der Waals surface area contributed by atoms with Gasteiger partial charge in [0.2, 0.25) is 0 Å². The second-order valence-electron chi connectivity index (χ2n) is 5.26. The predicted molar refractivity (Wildman–Crippen MR) is 77.7 cm³/mol. The average molecular weight is 270 g/mol. The number of hydrogen-bond donors (Lipinski definition) is 1. The van der Waals surface area contributed by atoms with Crippen molar-refractivity contribution in [3.63, 3.8) is 0 Å². The van der Waals surface area contributed by atoms with Crippen molar-refractivity contribution >= 4 is 10.9 Å². The van der Waals surface area contributed by atoms with Gasteiger partial charge in [-0.2, -0.15) is 14.8 Å². The van der Waals surface area contributed by atoms with Crippen LogP contribution in [0.4, 0.5) is 0 Å². The van der Waals surface area contributed by atoms with Crippen LogP contribution in [0.1, 0.15) is 19.5 Å². The van der Waals surface area contributed by atoms with E-state index in [1.54, 1.807) is 10.9 Å². The highest BCUT2D eigenvalue weighted by atomic mass is 16.4. The zero-order chi connectivity index (χ0) is 13.9. The number of nitrogens with zero attached hydrogens (tertiary/aromatic N) is 3. The second kappa shape index (κ2) is 5.46. The van der Waals surface area contributed by atoms with Gasteiger partial charge in [0.05, 0.1) is 17.4 Å². The molecule has 5 nitrogen and oxygen atoms in total. The second-order valence-corrected chi connectivity index (χ2v) is 5.26. The molecule has 5 heteroatoms. The van der Waals surface area contributed by atoms with Crippen LogP contribution < -0.4 is 5.32 Å². The smallest absolute Gasteiger partial charge is 0.323 e. The Balaban J connectivity index is 1.79. The monoisotopic (exact) mass is 270 g/mol. The molecule has 2 heterocycles. The third-order valence-electron chi connectivity index (χ3n) is 3.06. The van der Waals surface area contributed by atoms with Gasteiger partial charge in [-0.25, -0.2) is 0 Å². The Labute approximate surface area is 117 Å².